The minimum atomic E-state index is 0.608. The number of unbranched alkanes of at least 4 members (excludes halogenated alkanes) is 1. The molecule has 0 aromatic carbocycles. The molecule has 0 unspecified atom stereocenters. The standard InChI is InChI=1S/C16H22ClN5/c1-3-4-5-15-20-14(16(17)21-15)10-22-7-6-13-12(9-22)8-18-11(2)19-13/h8H,3-7,9-10H2,1-2H3,(H,20,21). The van der Waals surface area contributed by atoms with Crippen molar-refractivity contribution < 1.29 is 0 Å². The Balaban J connectivity index is 1.67. The van der Waals surface area contributed by atoms with Gasteiger partial charge < -0.3 is 4.98 Å². The Bertz CT molecular complexity index is 652. The van der Waals surface area contributed by atoms with Gasteiger partial charge in [0.05, 0.1) is 5.69 Å². The molecule has 5 nitrogen and oxygen atoms in total. The molecule has 0 amide bonds. The maximum absolute atomic E-state index is 6.27. The minimum absolute atomic E-state index is 0.608. The van der Waals surface area contributed by atoms with E-state index in [9.17, 15) is 0 Å². The van der Waals surface area contributed by atoms with Crippen LogP contribution in [0.25, 0.3) is 0 Å². The number of rotatable bonds is 5. The molecule has 0 saturated heterocycles. The van der Waals surface area contributed by atoms with Crippen LogP contribution >= 0.6 is 11.6 Å². The third-order valence-electron chi connectivity index (χ3n) is 4.06. The Morgan fingerprint density at radius 1 is 1.36 bits per heavy atom. The second-order valence-electron chi connectivity index (χ2n) is 5.91. The molecule has 0 saturated carbocycles. The first-order chi connectivity index (χ1) is 10.7. The van der Waals surface area contributed by atoms with E-state index < -0.39 is 0 Å². The molecule has 3 heterocycles. The Kier molecular flexibility index (Phi) is 4.74. The summed E-state index contributed by atoms with van der Waals surface area (Å²) in [5.74, 6) is 1.85. The van der Waals surface area contributed by atoms with Gasteiger partial charge >= 0.3 is 0 Å². The Labute approximate surface area is 136 Å². The smallest absolute Gasteiger partial charge is 0.151 e. The van der Waals surface area contributed by atoms with E-state index in [4.69, 9.17) is 11.6 Å². The zero-order valence-electron chi connectivity index (χ0n) is 13.2. The maximum atomic E-state index is 6.27. The molecule has 2 aromatic rings. The lowest BCUT2D eigenvalue weighted by Gasteiger charge is -2.27. The molecule has 1 aliphatic rings. The Hall–Kier alpha value is -1.46. The van der Waals surface area contributed by atoms with E-state index in [1.165, 1.54) is 11.3 Å². The van der Waals surface area contributed by atoms with Gasteiger partial charge in [0.15, 0.2) is 5.15 Å². The third kappa shape index (κ3) is 3.47. The second kappa shape index (κ2) is 6.75. The zero-order valence-corrected chi connectivity index (χ0v) is 13.9. The molecule has 2 aromatic heterocycles. The molecule has 0 spiro atoms. The number of halogens is 1. The fourth-order valence-electron chi connectivity index (χ4n) is 2.84. The number of hydrogen-bond donors (Lipinski definition) is 1. The van der Waals surface area contributed by atoms with Gasteiger partial charge in [0, 0.05) is 49.9 Å². The van der Waals surface area contributed by atoms with Crippen molar-refractivity contribution in [2.75, 3.05) is 6.54 Å². The third-order valence-corrected chi connectivity index (χ3v) is 4.37. The predicted octanol–water partition coefficient (Wildman–Crippen LogP) is 3.06. The first-order valence-corrected chi connectivity index (χ1v) is 8.30. The average Bonchev–Trinajstić information content (AvgIpc) is 2.85. The van der Waals surface area contributed by atoms with Crippen LogP contribution in [0.3, 0.4) is 0 Å². The number of aromatic amines is 1. The van der Waals surface area contributed by atoms with E-state index in [0.29, 0.717) is 5.15 Å². The summed E-state index contributed by atoms with van der Waals surface area (Å²) in [6.07, 6.45) is 6.18. The van der Waals surface area contributed by atoms with E-state index in [1.807, 2.05) is 13.1 Å². The molecule has 3 rings (SSSR count). The van der Waals surface area contributed by atoms with E-state index in [-0.39, 0.29) is 0 Å². The fraction of sp³-hybridized carbons (Fsp3) is 0.562. The van der Waals surface area contributed by atoms with Crippen molar-refractivity contribution in [1.29, 1.82) is 0 Å². The van der Waals surface area contributed by atoms with Gasteiger partial charge in [-0.1, -0.05) is 24.9 Å². The summed E-state index contributed by atoms with van der Waals surface area (Å²) >= 11 is 6.27. The van der Waals surface area contributed by atoms with E-state index >= 15 is 0 Å². The summed E-state index contributed by atoms with van der Waals surface area (Å²) < 4.78 is 0. The minimum Gasteiger partial charge on any atom is -0.344 e. The lowest BCUT2D eigenvalue weighted by Crippen LogP contribution is -2.31. The summed E-state index contributed by atoms with van der Waals surface area (Å²) in [7, 11) is 0. The van der Waals surface area contributed by atoms with Crippen LogP contribution in [-0.2, 0) is 25.9 Å². The van der Waals surface area contributed by atoms with Gasteiger partial charge in [-0.05, 0) is 13.3 Å². The quantitative estimate of drug-likeness (QED) is 0.920. The van der Waals surface area contributed by atoms with Gasteiger partial charge in [-0.15, -0.1) is 0 Å². The summed E-state index contributed by atoms with van der Waals surface area (Å²) in [6.45, 7) is 6.78. The van der Waals surface area contributed by atoms with Crippen molar-refractivity contribution >= 4 is 11.6 Å². The van der Waals surface area contributed by atoms with Gasteiger partial charge in [-0.2, -0.15) is 0 Å². The number of hydrogen-bond acceptors (Lipinski definition) is 4. The van der Waals surface area contributed by atoms with E-state index in [1.54, 1.807) is 0 Å². The topological polar surface area (TPSA) is 57.7 Å². The van der Waals surface area contributed by atoms with Crippen molar-refractivity contribution in [3.05, 3.63) is 40.0 Å². The van der Waals surface area contributed by atoms with Crippen LogP contribution < -0.4 is 0 Å². The monoisotopic (exact) mass is 319 g/mol. The molecule has 118 valence electrons. The number of aryl methyl sites for hydroxylation is 2. The van der Waals surface area contributed by atoms with Crippen molar-refractivity contribution in [2.45, 2.75) is 52.6 Å². The van der Waals surface area contributed by atoms with Crippen molar-refractivity contribution in [1.82, 2.24) is 24.8 Å². The van der Waals surface area contributed by atoms with E-state index in [0.717, 1.165) is 62.7 Å². The summed E-state index contributed by atoms with van der Waals surface area (Å²) in [4.78, 5) is 19.0. The maximum Gasteiger partial charge on any atom is 0.151 e. The second-order valence-corrected chi connectivity index (χ2v) is 6.26. The summed E-state index contributed by atoms with van der Waals surface area (Å²) in [5, 5.41) is 0.608. The molecule has 22 heavy (non-hydrogen) atoms. The van der Waals surface area contributed by atoms with Crippen molar-refractivity contribution in [3.8, 4) is 0 Å². The molecule has 0 bridgehead atoms. The normalized spacial score (nSPS) is 15.0. The van der Waals surface area contributed by atoms with Crippen LogP contribution in [0.15, 0.2) is 6.20 Å². The molecule has 1 N–H and O–H groups in total. The molecule has 1 aliphatic heterocycles. The fourth-order valence-corrected chi connectivity index (χ4v) is 3.05. The zero-order chi connectivity index (χ0) is 15.5. The van der Waals surface area contributed by atoms with Crippen LogP contribution in [-0.4, -0.2) is 31.4 Å². The molecule has 0 radical (unpaired) electrons. The lowest BCUT2D eigenvalue weighted by atomic mass is 10.1. The highest BCUT2D eigenvalue weighted by Gasteiger charge is 2.20. The van der Waals surface area contributed by atoms with Gasteiger partial charge in [-0.3, -0.25) is 4.90 Å². The highest BCUT2D eigenvalue weighted by molar-refractivity contribution is 6.30. The lowest BCUT2D eigenvalue weighted by molar-refractivity contribution is 0.240. The summed E-state index contributed by atoms with van der Waals surface area (Å²) in [6, 6.07) is 0. The first kappa shape index (κ1) is 15.4. The summed E-state index contributed by atoms with van der Waals surface area (Å²) in [5.41, 5.74) is 3.42. The molecular weight excluding hydrogens is 298 g/mol. The number of nitrogens with zero attached hydrogens (tertiary/aromatic N) is 4. The SMILES string of the molecule is CCCCc1nc(Cl)c(CN2CCc3nc(C)ncc3C2)[nH]1. The Morgan fingerprint density at radius 2 is 2.23 bits per heavy atom. The number of H-pyrrole nitrogens is 1. The highest BCUT2D eigenvalue weighted by Crippen LogP contribution is 2.21. The number of nitrogens with one attached hydrogen (secondary N) is 1. The number of aromatic nitrogens is 4. The number of imidazole rings is 1. The van der Waals surface area contributed by atoms with Gasteiger partial charge in [0.25, 0.3) is 0 Å². The predicted molar refractivity (Wildman–Crippen MR) is 86.8 cm³/mol. The molecule has 0 aliphatic carbocycles. The highest BCUT2D eigenvalue weighted by atomic mass is 35.5. The largest absolute Gasteiger partial charge is 0.344 e. The molecule has 0 fully saturated rings. The number of fused-ring (bicyclic) bond motifs is 1. The molecular formula is C16H22ClN5. The van der Waals surface area contributed by atoms with Crippen molar-refractivity contribution in [2.24, 2.45) is 0 Å². The van der Waals surface area contributed by atoms with Crippen LogP contribution in [0.1, 0.15) is 48.4 Å². The van der Waals surface area contributed by atoms with Crippen LogP contribution in [0.2, 0.25) is 5.15 Å². The van der Waals surface area contributed by atoms with Crippen LogP contribution in [0, 0.1) is 6.92 Å². The van der Waals surface area contributed by atoms with E-state index in [2.05, 4.69) is 31.8 Å². The molecule has 6 heteroatoms. The average molecular weight is 320 g/mol. The van der Waals surface area contributed by atoms with Crippen molar-refractivity contribution in [3.63, 3.8) is 0 Å². The van der Waals surface area contributed by atoms with Gasteiger partial charge in [0.2, 0.25) is 0 Å². The molecule has 0 atom stereocenters. The van der Waals surface area contributed by atoms with Gasteiger partial charge in [-0.25, -0.2) is 15.0 Å². The Morgan fingerprint density at radius 3 is 3.05 bits per heavy atom. The van der Waals surface area contributed by atoms with Crippen LogP contribution in [0.5, 0.6) is 0 Å². The first-order valence-electron chi connectivity index (χ1n) is 7.92. The van der Waals surface area contributed by atoms with Gasteiger partial charge in [0.1, 0.15) is 11.6 Å². The van der Waals surface area contributed by atoms with Crippen LogP contribution in [0.4, 0.5) is 0 Å².